The van der Waals surface area contributed by atoms with E-state index in [1.54, 1.807) is 0 Å². The highest BCUT2D eigenvalue weighted by atomic mass is 17.2. The largest absolute Gasteiger partial charge is 0.336 e. The number of amides is 1. The van der Waals surface area contributed by atoms with Gasteiger partial charge < -0.3 is 4.90 Å². The van der Waals surface area contributed by atoms with Gasteiger partial charge in [-0.15, -0.1) is 0 Å². The van der Waals surface area contributed by atoms with Crippen molar-refractivity contribution >= 4 is 5.91 Å². The van der Waals surface area contributed by atoms with Gasteiger partial charge in [-0.25, -0.2) is 9.78 Å². The van der Waals surface area contributed by atoms with Gasteiger partial charge in [-0.05, 0) is 37.3 Å². The third-order valence-electron chi connectivity index (χ3n) is 3.85. The molecule has 0 aromatic heterocycles. The molecule has 3 rings (SSSR count). The van der Waals surface area contributed by atoms with Gasteiger partial charge in [0.25, 0.3) is 0 Å². The molecule has 0 radical (unpaired) electrons. The van der Waals surface area contributed by atoms with Gasteiger partial charge in [0, 0.05) is 13.0 Å². The van der Waals surface area contributed by atoms with E-state index in [1.165, 1.54) is 11.1 Å². The SMILES string of the molecule is CC1=C2[C@H](CCCN3C(=O)CC[C@@H]23)OOC1. The van der Waals surface area contributed by atoms with Gasteiger partial charge in [-0.2, -0.15) is 0 Å². The van der Waals surface area contributed by atoms with E-state index in [-0.39, 0.29) is 12.1 Å². The molecule has 0 unspecified atom stereocenters. The Bertz CT molecular complexity index is 350. The highest BCUT2D eigenvalue weighted by Crippen LogP contribution is 2.36. The van der Waals surface area contributed by atoms with Crippen molar-refractivity contribution in [2.75, 3.05) is 13.2 Å². The van der Waals surface area contributed by atoms with Crippen LogP contribution in [-0.2, 0) is 14.6 Å². The standard InChI is InChI=1S/C12H17NO3/c1-8-7-15-16-10-3-2-6-13-9(12(8)10)4-5-11(13)14/h9-10H,2-7H2,1H3/t9-,10-/m0/s1. The van der Waals surface area contributed by atoms with Crippen LogP contribution < -0.4 is 0 Å². The fourth-order valence-corrected chi connectivity index (χ4v) is 3.10. The number of fused-ring (bicyclic) bond motifs is 3. The molecule has 3 aliphatic rings. The zero-order valence-electron chi connectivity index (χ0n) is 9.57. The second-order valence-electron chi connectivity index (χ2n) is 4.87. The summed E-state index contributed by atoms with van der Waals surface area (Å²) in [7, 11) is 0. The van der Waals surface area contributed by atoms with E-state index in [0.29, 0.717) is 18.9 Å². The topological polar surface area (TPSA) is 38.8 Å². The van der Waals surface area contributed by atoms with Crippen LogP contribution in [0.25, 0.3) is 0 Å². The maximum Gasteiger partial charge on any atom is 0.223 e. The molecule has 1 amide bonds. The predicted molar refractivity (Wildman–Crippen MR) is 57.5 cm³/mol. The molecular weight excluding hydrogens is 206 g/mol. The summed E-state index contributed by atoms with van der Waals surface area (Å²) in [6, 6.07) is 0.281. The molecule has 0 aromatic carbocycles. The maximum absolute atomic E-state index is 11.8. The number of hydrogen-bond donors (Lipinski definition) is 0. The number of rotatable bonds is 0. The third-order valence-corrected chi connectivity index (χ3v) is 3.85. The Morgan fingerprint density at radius 2 is 2.25 bits per heavy atom. The second kappa shape index (κ2) is 3.86. The lowest BCUT2D eigenvalue weighted by atomic mass is 9.93. The Balaban J connectivity index is 1.98. The molecule has 3 aliphatic heterocycles. The van der Waals surface area contributed by atoms with Gasteiger partial charge in [0.2, 0.25) is 5.91 Å². The van der Waals surface area contributed by atoms with Crippen molar-refractivity contribution < 1.29 is 14.6 Å². The van der Waals surface area contributed by atoms with Crippen LogP contribution >= 0.6 is 0 Å². The molecule has 4 heteroatoms. The Hall–Kier alpha value is -0.870. The molecule has 88 valence electrons. The molecule has 0 N–H and O–H groups in total. The van der Waals surface area contributed by atoms with Gasteiger partial charge >= 0.3 is 0 Å². The second-order valence-corrected chi connectivity index (χ2v) is 4.87. The zero-order valence-corrected chi connectivity index (χ0v) is 9.57. The van der Waals surface area contributed by atoms with Crippen molar-refractivity contribution in [1.29, 1.82) is 0 Å². The Kier molecular flexibility index (Phi) is 2.48. The summed E-state index contributed by atoms with van der Waals surface area (Å²) >= 11 is 0. The first-order valence-electron chi connectivity index (χ1n) is 6.04. The molecule has 0 aromatic rings. The molecule has 2 atom stereocenters. The number of carbonyl (C=O) groups excluding carboxylic acids is 1. The van der Waals surface area contributed by atoms with Crippen molar-refractivity contribution in [1.82, 2.24) is 4.90 Å². The average Bonchev–Trinajstić information content (AvgIpc) is 2.53. The lowest BCUT2D eigenvalue weighted by Crippen LogP contribution is -2.37. The van der Waals surface area contributed by atoms with E-state index in [4.69, 9.17) is 9.78 Å². The summed E-state index contributed by atoms with van der Waals surface area (Å²) in [5, 5.41) is 0. The molecular formula is C12H17NO3. The summed E-state index contributed by atoms with van der Waals surface area (Å²) in [6.45, 7) is 3.52. The van der Waals surface area contributed by atoms with Crippen LogP contribution in [0.2, 0.25) is 0 Å². The van der Waals surface area contributed by atoms with Crippen molar-refractivity contribution in [3.05, 3.63) is 11.1 Å². The number of hydrogen-bond acceptors (Lipinski definition) is 3. The first kappa shape index (κ1) is 10.3. The van der Waals surface area contributed by atoms with Gasteiger partial charge in [0.1, 0.15) is 12.7 Å². The minimum atomic E-state index is 0.0784. The predicted octanol–water partition coefficient (Wildman–Crippen LogP) is 1.42. The van der Waals surface area contributed by atoms with Crippen LogP contribution in [0.1, 0.15) is 32.6 Å². The number of carbonyl (C=O) groups is 1. The maximum atomic E-state index is 11.8. The first-order valence-corrected chi connectivity index (χ1v) is 6.04. The van der Waals surface area contributed by atoms with E-state index in [1.807, 2.05) is 4.90 Å². The Morgan fingerprint density at radius 1 is 1.38 bits per heavy atom. The zero-order chi connectivity index (χ0) is 11.1. The molecule has 4 nitrogen and oxygen atoms in total. The minimum Gasteiger partial charge on any atom is -0.336 e. The average molecular weight is 223 g/mol. The Morgan fingerprint density at radius 3 is 3.12 bits per heavy atom. The molecule has 0 spiro atoms. The molecule has 2 fully saturated rings. The summed E-state index contributed by atoms with van der Waals surface area (Å²) < 4.78 is 0. The molecule has 0 bridgehead atoms. The van der Waals surface area contributed by atoms with E-state index < -0.39 is 0 Å². The van der Waals surface area contributed by atoms with Crippen LogP contribution in [0.5, 0.6) is 0 Å². The fraction of sp³-hybridized carbons (Fsp3) is 0.750. The van der Waals surface area contributed by atoms with Crippen molar-refractivity contribution in [3.8, 4) is 0 Å². The summed E-state index contributed by atoms with van der Waals surface area (Å²) in [5.41, 5.74) is 2.57. The van der Waals surface area contributed by atoms with Crippen molar-refractivity contribution in [2.45, 2.75) is 44.8 Å². The quantitative estimate of drug-likeness (QED) is 0.460. The molecule has 0 aliphatic carbocycles. The van der Waals surface area contributed by atoms with E-state index in [0.717, 1.165) is 25.8 Å². The van der Waals surface area contributed by atoms with Gasteiger partial charge in [-0.3, -0.25) is 4.79 Å². The van der Waals surface area contributed by atoms with Crippen LogP contribution in [0.4, 0.5) is 0 Å². The van der Waals surface area contributed by atoms with Crippen LogP contribution in [-0.4, -0.2) is 36.1 Å². The van der Waals surface area contributed by atoms with Crippen molar-refractivity contribution in [2.24, 2.45) is 0 Å². The van der Waals surface area contributed by atoms with E-state index in [2.05, 4.69) is 6.92 Å². The van der Waals surface area contributed by atoms with Crippen molar-refractivity contribution in [3.63, 3.8) is 0 Å². The summed E-state index contributed by atoms with van der Waals surface area (Å²) in [4.78, 5) is 24.3. The highest BCUT2D eigenvalue weighted by molar-refractivity contribution is 5.79. The monoisotopic (exact) mass is 223 g/mol. The van der Waals surface area contributed by atoms with E-state index in [9.17, 15) is 4.79 Å². The summed E-state index contributed by atoms with van der Waals surface area (Å²) in [5.74, 6) is 0.303. The highest BCUT2D eigenvalue weighted by Gasteiger charge is 2.40. The van der Waals surface area contributed by atoms with Crippen LogP contribution in [0.3, 0.4) is 0 Å². The van der Waals surface area contributed by atoms with Crippen LogP contribution in [0.15, 0.2) is 11.1 Å². The molecule has 0 saturated carbocycles. The fourth-order valence-electron chi connectivity index (χ4n) is 3.10. The third kappa shape index (κ3) is 1.48. The molecule has 3 heterocycles. The Labute approximate surface area is 95.1 Å². The number of nitrogens with zero attached hydrogens (tertiary/aromatic N) is 1. The summed E-state index contributed by atoms with van der Waals surface area (Å²) in [6.07, 6.45) is 3.69. The smallest absolute Gasteiger partial charge is 0.223 e. The van der Waals surface area contributed by atoms with Gasteiger partial charge in [-0.1, -0.05) is 0 Å². The first-order chi connectivity index (χ1) is 7.77. The molecule has 2 saturated heterocycles. The van der Waals surface area contributed by atoms with Gasteiger partial charge in [0.05, 0.1) is 6.04 Å². The van der Waals surface area contributed by atoms with E-state index >= 15 is 0 Å². The van der Waals surface area contributed by atoms with Gasteiger partial charge in [0.15, 0.2) is 0 Å². The lowest BCUT2D eigenvalue weighted by Gasteiger charge is -2.31. The lowest BCUT2D eigenvalue weighted by molar-refractivity contribution is -0.319. The van der Waals surface area contributed by atoms with Crippen LogP contribution in [0, 0.1) is 0 Å². The normalized spacial score (nSPS) is 34.8. The molecule has 16 heavy (non-hydrogen) atoms. The minimum absolute atomic E-state index is 0.0784.